The number of aldehydes is 1. The van der Waals surface area contributed by atoms with Crippen molar-refractivity contribution in [2.75, 3.05) is 18.0 Å². The second-order valence-corrected chi connectivity index (χ2v) is 8.09. The quantitative estimate of drug-likeness (QED) is 0.595. The van der Waals surface area contributed by atoms with Gasteiger partial charge in [0.15, 0.2) is 0 Å². The molecule has 0 bridgehead atoms. The van der Waals surface area contributed by atoms with Crippen LogP contribution in [0.25, 0.3) is 0 Å². The van der Waals surface area contributed by atoms with E-state index in [2.05, 4.69) is 0 Å². The highest BCUT2D eigenvalue weighted by Crippen LogP contribution is 2.42. The number of carbonyl (C=O) groups is 2. The van der Waals surface area contributed by atoms with E-state index in [0.717, 1.165) is 5.56 Å². The van der Waals surface area contributed by atoms with Gasteiger partial charge in [0.1, 0.15) is 6.29 Å². The third kappa shape index (κ3) is 3.10. The molecule has 1 aliphatic heterocycles. The zero-order valence-corrected chi connectivity index (χ0v) is 15.3. The number of methoxy groups -OCH3 is 1. The summed E-state index contributed by atoms with van der Waals surface area (Å²) in [6, 6.07) is 11.5. The third-order valence-electron chi connectivity index (χ3n) is 4.56. The maximum absolute atomic E-state index is 13.1. The third-order valence-corrected chi connectivity index (χ3v) is 6.35. The summed E-state index contributed by atoms with van der Waals surface area (Å²) >= 11 is 0. The van der Waals surface area contributed by atoms with Gasteiger partial charge in [0, 0.05) is 18.0 Å². The molecule has 0 unspecified atom stereocenters. The molecule has 0 spiro atoms. The van der Waals surface area contributed by atoms with Crippen LogP contribution in [0.3, 0.4) is 0 Å². The largest absolute Gasteiger partial charge is 0.469 e. The number of hydrogen-bond donors (Lipinski definition) is 0. The summed E-state index contributed by atoms with van der Waals surface area (Å²) in [6.45, 7) is 1.97. The molecule has 2 aromatic rings. The number of sulfonamides is 1. The van der Waals surface area contributed by atoms with Crippen molar-refractivity contribution >= 4 is 28.0 Å². The summed E-state index contributed by atoms with van der Waals surface area (Å²) in [5.41, 5.74) is 2.35. The van der Waals surface area contributed by atoms with Gasteiger partial charge in [-0.2, -0.15) is 0 Å². The SMILES string of the molecule is COC(=O)C[C@H]1CN(S(=O)(=O)c2ccc(C)cc2)c2cccc(C=O)c21. The topological polar surface area (TPSA) is 80.8 Å². The van der Waals surface area contributed by atoms with Crippen molar-refractivity contribution in [3.05, 3.63) is 59.2 Å². The number of rotatable bonds is 5. The van der Waals surface area contributed by atoms with E-state index in [0.29, 0.717) is 23.1 Å². The van der Waals surface area contributed by atoms with Crippen molar-refractivity contribution < 1.29 is 22.7 Å². The number of nitrogens with zero attached hydrogens (tertiary/aromatic N) is 1. The Bertz CT molecular complexity index is 950. The van der Waals surface area contributed by atoms with Crippen LogP contribution >= 0.6 is 0 Å². The number of aryl methyl sites for hydroxylation is 1. The Kier molecular flexibility index (Phi) is 4.82. The van der Waals surface area contributed by atoms with Gasteiger partial charge in [-0.1, -0.05) is 29.8 Å². The molecule has 26 heavy (non-hydrogen) atoms. The second-order valence-electron chi connectivity index (χ2n) is 6.22. The Hall–Kier alpha value is -2.67. The van der Waals surface area contributed by atoms with E-state index < -0.39 is 21.9 Å². The number of esters is 1. The molecule has 1 heterocycles. The first-order valence-corrected chi connectivity index (χ1v) is 9.56. The first kappa shape index (κ1) is 18.1. The fraction of sp³-hybridized carbons (Fsp3) is 0.263. The summed E-state index contributed by atoms with van der Waals surface area (Å²) in [6.07, 6.45) is 0.694. The molecule has 0 saturated heterocycles. The molecular weight excluding hydrogens is 354 g/mol. The summed E-state index contributed by atoms with van der Waals surface area (Å²) in [7, 11) is -2.52. The fourth-order valence-electron chi connectivity index (χ4n) is 3.24. The van der Waals surface area contributed by atoms with Crippen LogP contribution in [-0.4, -0.2) is 34.3 Å². The van der Waals surface area contributed by atoms with Crippen molar-refractivity contribution in [2.24, 2.45) is 0 Å². The van der Waals surface area contributed by atoms with Gasteiger partial charge in [-0.3, -0.25) is 13.9 Å². The van der Waals surface area contributed by atoms with Crippen LogP contribution < -0.4 is 4.31 Å². The normalized spacial score (nSPS) is 16.2. The predicted molar refractivity (Wildman–Crippen MR) is 96.9 cm³/mol. The molecule has 0 N–H and O–H groups in total. The number of carbonyl (C=O) groups excluding carboxylic acids is 2. The predicted octanol–water partition coefficient (Wildman–Crippen LogP) is 2.66. The van der Waals surface area contributed by atoms with Crippen LogP contribution in [0.2, 0.25) is 0 Å². The van der Waals surface area contributed by atoms with Crippen molar-refractivity contribution in [2.45, 2.75) is 24.2 Å². The highest BCUT2D eigenvalue weighted by Gasteiger charge is 2.38. The van der Waals surface area contributed by atoms with Gasteiger partial charge in [-0.05, 0) is 30.7 Å². The molecule has 0 aliphatic carbocycles. The lowest BCUT2D eigenvalue weighted by atomic mass is 9.94. The van der Waals surface area contributed by atoms with Crippen molar-refractivity contribution in [1.82, 2.24) is 0 Å². The molecule has 3 rings (SSSR count). The fourth-order valence-corrected chi connectivity index (χ4v) is 4.77. The minimum atomic E-state index is -3.80. The molecule has 0 amide bonds. The average Bonchev–Trinajstić information content (AvgIpc) is 3.01. The van der Waals surface area contributed by atoms with Crippen LogP contribution in [0.5, 0.6) is 0 Å². The average molecular weight is 373 g/mol. The molecule has 0 aromatic heterocycles. The molecule has 0 saturated carbocycles. The first-order valence-electron chi connectivity index (χ1n) is 8.12. The van der Waals surface area contributed by atoms with Gasteiger partial charge in [0.2, 0.25) is 0 Å². The molecule has 2 aromatic carbocycles. The van der Waals surface area contributed by atoms with E-state index in [1.54, 1.807) is 42.5 Å². The lowest BCUT2D eigenvalue weighted by Crippen LogP contribution is -2.30. The molecule has 0 fully saturated rings. The van der Waals surface area contributed by atoms with Crippen LogP contribution in [0.15, 0.2) is 47.4 Å². The molecule has 1 atom stereocenters. The maximum Gasteiger partial charge on any atom is 0.306 e. The summed E-state index contributed by atoms with van der Waals surface area (Å²) in [5.74, 6) is -0.879. The highest BCUT2D eigenvalue weighted by molar-refractivity contribution is 7.92. The minimum absolute atomic E-state index is 0.00821. The number of benzene rings is 2. The Labute approximate surface area is 152 Å². The van der Waals surface area contributed by atoms with Gasteiger partial charge in [0.05, 0.1) is 24.1 Å². The zero-order chi connectivity index (χ0) is 18.9. The molecule has 0 radical (unpaired) electrons. The van der Waals surface area contributed by atoms with Gasteiger partial charge < -0.3 is 4.74 Å². The van der Waals surface area contributed by atoms with Crippen LogP contribution in [-0.2, 0) is 19.6 Å². The Morgan fingerprint density at radius 3 is 2.54 bits per heavy atom. The minimum Gasteiger partial charge on any atom is -0.469 e. The van der Waals surface area contributed by atoms with E-state index in [-0.39, 0.29) is 17.9 Å². The van der Waals surface area contributed by atoms with Crippen molar-refractivity contribution in [3.8, 4) is 0 Å². The summed E-state index contributed by atoms with van der Waals surface area (Å²) in [5, 5.41) is 0. The zero-order valence-electron chi connectivity index (χ0n) is 14.5. The monoisotopic (exact) mass is 373 g/mol. The number of fused-ring (bicyclic) bond motifs is 1. The molecule has 1 aliphatic rings. The molecule has 6 nitrogen and oxygen atoms in total. The van der Waals surface area contributed by atoms with Gasteiger partial charge in [-0.25, -0.2) is 8.42 Å². The molecule has 136 valence electrons. The number of anilines is 1. The smallest absolute Gasteiger partial charge is 0.306 e. The van der Waals surface area contributed by atoms with Gasteiger partial charge in [0.25, 0.3) is 10.0 Å². The van der Waals surface area contributed by atoms with Gasteiger partial charge in [-0.15, -0.1) is 0 Å². The Morgan fingerprint density at radius 2 is 1.92 bits per heavy atom. The van der Waals surface area contributed by atoms with Crippen LogP contribution in [0.4, 0.5) is 5.69 Å². The van der Waals surface area contributed by atoms with E-state index in [9.17, 15) is 18.0 Å². The van der Waals surface area contributed by atoms with Crippen molar-refractivity contribution in [1.29, 1.82) is 0 Å². The highest BCUT2D eigenvalue weighted by atomic mass is 32.2. The maximum atomic E-state index is 13.1. The van der Waals surface area contributed by atoms with E-state index in [1.807, 2.05) is 6.92 Å². The Morgan fingerprint density at radius 1 is 1.23 bits per heavy atom. The van der Waals surface area contributed by atoms with E-state index >= 15 is 0 Å². The molecular formula is C19H19NO5S. The summed E-state index contributed by atoms with van der Waals surface area (Å²) in [4.78, 5) is 23.4. The second kappa shape index (κ2) is 6.92. The number of ether oxygens (including phenoxy) is 1. The molecule has 7 heteroatoms. The Balaban J connectivity index is 2.09. The summed E-state index contributed by atoms with van der Waals surface area (Å²) < 4.78 is 32.3. The first-order chi connectivity index (χ1) is 12.4. The van der Waals surface area contributed by atoms with E-state index in [1.165, 1.54) is 11.4 Å². The van der Waals surface area contributed by atoms with Gasteiger partial charge >= 0.3 is 5.97 Å². The lowest BCUT2D eigenvalue weighted by Gasteiger charge is -2.20. The van der Waals surface area contributed by atoms with Crippen molar-refractivity contribution in [3.63, 3.8) is 0 Å². The lowest BCUT2D eigenvalue weighted by molar-refractivity contribution is -0.141. The van der Waals surface area contributed by atoms with Crippen LogP contribution in [0, 0.1) is 6.92 Å². The number of hydrogen-bond acceptors (Lipinski definition) is 5. The van der Waals surface area contributed by atoms with Crippen LogP contribution in [0.1, 0.15) is 33.8 Å². The standard InChI is InChI=1S/C19H19NO5S/c1-13-6-8-16(9-7-13)26(23,24)20-11-15(10-18(22)25-2)19-14(12-21)4-3-5-17(19)20/h3-9,12,15H,10-11H2,1-2H3/t15-/m0/s1. The van der Waals surface area contributed by atoms with E-state index in [4.69, 9.17) is 4.74 Å².